The summed E-state index contributed by atoms with van der Waals surface area (Å²) in [6, 6.07) is 9.15. The summed E-state index contributed by atoms with van der Waals surface area (Å²) in [6.45, 7) is 0.339. The van der Waals surface area contributed by atoms with Gasteiger partial charge in [0.2, 0.25) is 0 Å². The maximum Gasteiger partial charge on any atom is 0.168 e. The van der Waals surface area contributed by atoms with Crippen LogP contribution >= 0.6 is 15.9 Å². The molecule has 0 aliphatic rings. The highest BCUT2D eigenvalue weighted by Gasteiger charge is 2.16. The lowest BCUT2D eigenvalue weighted by atomic mass is 10.2. The lowest BCUT2D eigenvalue weighted by Crippen LogP contribution is -2.18. The van der Waals surface area contributed by atoms with Crippen LogP contribution in [-0.2, 0) is 0 Å². The van der Waals surface area contributed by atoms with Crippen molar-refractivity contribution in [2.45, 2.75) is 6.10 Å². The third-order valence-corrected chi connectivity index (χ3v) is 3.10. The van der Waals surface area contributed by atoms with Crippen LogP contribution in [-0.4, -0.2) is 13.7 Å². The van der Waals surface area contributed by atoms with Gasteiger partial charge in [0.15, 0.2) is 6.10 Å². The van der Waals surface area contributed by atoms with Crippen LogP contribution in [0.15, 0.2) is 45.5 Å². The van der Waals surface area contributed by atoms with Crippen LogP contribution in [0.5, 0.6) is 11.5 Å². The molecule has 1 atom stereocenters. The molecule has 0 radical (unpaired) electrons. The zero-order valence-corrected chi connectivity index (χ0v) is 11.5. The molecule has 0 bridgehead atoms. The van der Waals surface area contributed by atoms with E-state index < -0.39 is 0 Å². The van der Waals surface area contributed by atoms with E-state index in [1.807, 2.05) is 30.3 Å². The van der Waals surface area contributed by atoms with Crippen molar-refractivity contribution in [3.05, 3.63) is 46.8 Å². The van der Waals surface area contributed by atoms with Crippen molar-refractivity contribution in [2.75, 3.05) is 13.7 Å². The van der Waals surface area contributed by atoms with Gasteiger partial charge in [0.05, 0.1) is 17.8 Å². The summed E-state index contributed by atoms with van der Waals surface area (Å²) in [7, 11) is 1.62. The second kappa shape index (κ2) is 5.93. The van der Waals surface area contributed by atoms with E-state index >= 15 is 0 Å². The van der Waals surface area contributed by atoms with Crippen LogP contribution in [0, 0.1) is 0 Å². The number of methoxy groups -OCH3 is 1. The molecule has 0 spiro atoms. The minimum Gasteiger partial charge on any atom is -0.497 e. The van der Waals surface area contributed by atoms with Gasteiger partial charge in [-0.05, 0) is 46.3 Å². The number of hydrogen-bond donors (Lipinski definition) is 1. The van der Waals surface area contributed by atoms with Gasteiger partial charge in [0.25, 0.3) is 0 Å². The van der Waals surface area contributed by atoms with Crippen LogP contribution < -0.4 is 15.2 Å². The highest BCUT2D eigenvalue weighted by atomic mass is 79.9. The monoisotopic (exact) mass is 311 g/mol. The molecule has 4 nitrogen and oxygen atoms in total. The average molecular weight is 312 g/mol. The first-order chi connectivity index (χ1) is 8.74. The Morgan fingerprint density at radius 2 is 2.22 bits per heavy atom. The van der Waals surface area contributed by atoms with E-state index in [4.69, 9.17) is 19.6 Å². The zero-order chi connectivity index (χ0) is 13.0. The second-order valence-corrected chi connectivity index (χ2v) is 4.51. The van der Waals surface area contributed by atoms with E-state index in [9.17, 15) is 0 Å². The molecule has 0 aliphatic carbocycles. The molecule has 0 fully saturated rings. The predicted molar refractivity (Wildman–Crippen MR) is 71.8 cm³/mol. The van der Waals surface area contributed by atoms with E-state index in [2.05, 4.69) is 15.9 Å². The zero-order valence-electron chi connectivity index (χ0n) is 9.93. The van der Waals surface area contributed by atoms with Crippen LogP contribution in [0.25, 0.3) is 0 Å². The smallest absolute Gasteiger partial charge is 0.168 e. The molecule has 0 saturated carbocycles. The Morgan fingerprint density at radius 3 is 2.78 bits per heavy atom. The van der Waals surface area contributed by atoms with Crippen molar-refractivity contribution < 1.29 is 13.9 Å². The second-order valence-electron chi connectivity index (χ2n) is 3.65. The first-order valence-electron chi connectivity index (χ1n) is 5.48. The van der Waals surface area contributed by atoms with Crippen molar-refractivity contribution in [1.82, 2.24) is 0 Å². The molecule has 1 aromatic carbocycles. The van der Waals surface area contributed by atoms with Gasteiger partial charge in [-0.1, -0.05) is 0 Å². The highest BCUT2D eigenvalue weighted by molar-refractivity contribution is 9.10. The van der Waals surface area contributed by atoms with Crippen molar-refractivity contribution in [1.29, 1.82) is 0 Å². The first-order valence-corrected chi connectivity index (χ1v) is 6.27. The average Bonchev–Trinajstić information content (AvgIpc) is 2.91. The Balaban J connectivity index is 2.17. The predicted octanol–water partition coefficient (Wildman–Crippen LogP) is 3.13. The van der Waals surface area contributed by atoms with Crippen LogP contribution in [0.3, 0.4) is 0 Å². The van der Waals surface area contributed by atoms with Crippen LogP contribution in [0.2, 0.25) is 0 Å². The van der Waals surface area contributed by atoms with Crippen molar-refractivity contribution in [3.8, 4) is 11.5 Å². The van der Waals surface area contributed by atoms with Gasteiger partial charge in [-0.3, -0.25) is 0 Å². The molecule has 0 amide bonds. The van der Waals surface area contributed by atoms with E-state index in [0.29, 0.717) is 18.1 Å². The summed E-state index contributed by atoms with van der Waals surface area (Å²) < 4.78 is 17.1. The topological polar surface area (TPSA) is 57.6 Å². The molecule has 2 rings (SSSR count). The first kappa shape index (κ1) is 13.0. The van der Waals surface area contributed by atoms with E-state index in [0.717, 1.165) is 10.2 Å². The molecule has 2 aromatic rings. The van der Waals surface area contributed by atoms with Crippen LogP contribution in [0.4, 0.5) is 0 Å². The fourth-order valence-electron chi connectivity index (χ4n) is 1.55. The number of furan rings is 1. The standard InChI is InChI=1S/C13H14BrNO3/c1-16-9-4-5-11(10(14)7-9)18-13(8-15)12-3-2-6-17-12/h2-7,13H,8,15H2,1H3. The minimum absolute atomic E-state index is 0.301. The summed E-state index contributed by atoms with van der Waals surface area (Å²) >= 11 is 3.43. The van der Waals surface area contributed by atoms with Crippen LogP contribution in [0.1, 0.15) is 11.9 Å². The van der Waals surface area contributed by atoms with Crippen molar-refractivity contribution >= 4 is 15.9 Å². The molecule has 1 unspecified atom stereocenters. The molecular formula is C13H14BrNO3. The molecule has 0 aliphatic heterocycles. The Kier molecular flexibility index (Phi) is 4.28. The number of hydrogen-bond acceptors (Lipinski definition) is 4. The van der Waals surface area contributed by atoms with E-state index in [-0.39, 0.29) is 6.10 Å². The molecular weight excluding hydrogens is 298 g/mol. The Labute approximate surface area is 114 Å². The lowest BCUT2D eigenvalue weighted by Gasteiger charge is -2.16. The van der Waals surface area contributed by atoms with Gasteiger partial charge < -0.3 is 19.6 Å². The highest BCUT2D eigenvalue weighted by Crippen LogP contribution is 2.32. The van der Waals surface area contributed by atoms with Crippen molar-refractivity contribution in [2.24, 2.45) is 5.73 Å². The summed E-state index contributed by atoms with van der Waals surface area (Å²) in [5, 5.41) is 0. The number of ether oxygens (including phenoxy) is 2. The minimum atomic E-state index is -0.301. The fourth-order valence-corrected chi connectivity index (χ4v) is 2.01. The van der Waals surface area contributed by atoms with Gasteiger partial charge >= 0.3 is 0 Å². The summed E-state index contributed by atoms with van der Waals surface area (Å²) in [5.74, 6) is 2.17. The molecule has 18 heavy (non-hydrogen) atoms. The number of halogens is 1. The largest absolute Gasteiger partial charge is 0.497 e. The van der Waals surface area contributed by atoms with Crippen molar-refractivity contribution in [3.63, 3.8) is 0 Å². The van der Waals surface area contributed by atoms with Gasteiger partial charge in [0.1, 0.15) is 17.3 Å². The molecule has 1 heterocycles. The quantitative estimate of drug-likeness (QED) is 0.921. The lowest BCUT2D eigenvalue weighted by molar-refractivity contribution is 0.182. The Morgan fingerprint density at radius 1 is 1.39 bits per heavy atom. The van der Waals surface area contributed by atoms with Gasteiger partial charge in [-0.25, -0.2) is 0 Å². The SMILES string of the molecule is COc1ccc(OC(CN)c2ccco2)c(Br)c1. The number of nitrogens with two attached hydrogens (primary N) is 1. The maximum atomic E-state index is 5.82. The Hall–Kier alpha value is -1.46. The number of rotatable bonds is 5. The molecule has 96 valence electrons. The van der Waals surface area contributed by atoms with Gasteiger partial charge in [-0.2, -0.15) is 0 Å². The Bertz CT molecular complexity index is 499. The van der Waals surface area contributed by atoms with Gasteiger partial charge in [0, 0.05) is 6.54 Å². The number of benzene rings is 1. The fraction of sp³-hybridized carbons (Fsp3) is 0.231. The molecule has 1 aromatic heterocycles. The van der Waals surface area contributed by atoms with E-state index in [1.54, 1.807) is 13.4 Å². The summed E-state index contributed by atoms with van der Waals surface area (Å²) in [6.07, 6.45) is 1.30. The summed E-state index contributed by atoms with van der Waals surface area (Å²) in [5.41, 5.74) is 5.69. The maximum absolute atomic E-state index is 5.82. The third-order valence-electron chi connectivity index (χ3n) is 2.48. The normalized spacial score (nSPS) is 12.2. The molecule has 0 saturated heterocycles. The molecule has 2 N–H and O–H groups in total. The van der Waals surface area contributed by atoms with Gasteiger partial charge in [-0.15, -0.1) is 0 Å². The summed E-state index contributed by atoms with van der Waals surface area (Å²) in [4.78, 5) is 0. The van der Waals surface area contributed by atoms with E-state index in [1.165, 1.54) is 0 Å². The third kappa shape index (κ3) is 2.86. The molecule has 5 heteroatoms.